The van der Waals surface area contributed by atoms with Crippen molar-refractivity contribution in [2.75, 3.05) is 33.9 Å². The van der Waals surface area contributed by atoms with E-state index >= 15 is 0 Å². The highest BCUT2D eigenvalue weighted by Crippen LogP contribution is 2.31. The molecule has 1 fully saturated rings. The van der Waals surface area contributed by atoms with Crippen molar-refractivity contribution in [2.45, 2.75) is 31.7 Å². The quantitative estimate of drug-likeness (QED) is 0.898. The summed E-state index contributed by atoms with van der Waals surface area (Å²) in [6, 6.07) is 5.95. The average Bonchev–Trinajstić information content (AvgIpc) is 2.47. The number of nitrogens with zero attached hydrogens (tertiary/aromatic N) is 1. The van der Waals surface area contributed by atoms with Crippen molar-refractivity contribution in [1.29, 1.82) is 0 Å². The Labute approximate surface area is 121 Å². The van der Waals surface area contributed by atoms with Gasteiger partial charge in [-0.15, -0.1) is 0 Å². The Morgan fingerprint density at radius 2 is 1.75 bits per heavy atom. The molecule has 1 heterocycles. The molecule has 112 valence electrons. The molecule has 0 aliphatic carbocycles. The normalized spacial score (nSPS) is 19.4. The molecule has 0 saturated carbocycles. The fraction of sp³-hybridized carbons (Fsp3) is 0.625. The van der Waals surface area contributed by atoms with E-state index in [1.54, 1.807) is 14.2 Å². The second-order valence-electron chi connectivity index (χ2n) is 5.82. The van der Waals surface area contributed by atoms with E-state index in [0.717, 1.165) is 36.7 Å². The number of piperidine rings is 1. The van der Waals surface area contributed by atoms with Crippen LogP contribution in [-0.2, 0) is 5.54 Å². The highest BCUT2D eigenvalue weighted by atomic mass is 16.5. The predicted octanol–water partition coefficient (Wildman–Crippen LogP) is 2.36. The standard InChI is InChI=1S/C16H26N2O2/c1-16(17,12-18-9-5-4-6-10-18)13-7-8-14(19-2)15(11-13)20-3/h7-8,11H,4-6,9-10,12,17H2,1-3H3. The van der Waals surface area contributed by atoms with Gasteiger partial charge < -0.3 is 20.1 Å². The molecule has 0 aromatic heterocycles. The number of hydrogen-bond acceptors (Lipinski definition) is 4. The summed E-state index contributed by atoms with van der Waals surface area (Å²) in [5, 5.41) is 0. The maximum Gasteiger partial charge on any atom is 0.161 e. The number of benzene rings is 1. The Morgan fingerprint density at radius 3 is 2.35 bits per heavy atom. The minimum absolute atomic E-state index is 0.378. The van der Waals surface area contributed by atoms with Crippen molar-refractivity contribution in [1.82, 2.24) is 4.90 Å². The Kier molecular flexibility index (Phi) is 4.89. The topological polar surface area (TPSA) is 47.7 Å². The fourth-order valence-corrected chi connectivity index (χ4v) is 2.86. The smallest absolute Gasteiger partial charge is 0.161 e. The zero-order valence-electron chi connectivity index (χ0n) is 12.8. The number of nitrogens with two attached hydrogens (primary N) is 1. The maximum absolute atomic E-state index is 6.55. The van der Waals surface area contributed by atoms with Crippen LogP contribution in [-0.4, -0.2) is 38.8 Å². The first-order chi connectivity index (χ1) is 9.56. The molecular weight excluding hydrogens is 252 g/mol. The molecule has 1 saturated heterocycles. The molecule has 20 heavy (non-hydrogen) atoms. The molecule has 1 aromatic rings. The zero-order chi connectivity index (χ0) is 14.6. The zero-order valence-corrected chi connectivity index (χ0v) is 12.8. The summed E-state index contributed by atoms with van der Waals surface area (Å²) < 4.78 is 10.6. The Hall–Kier alpha value is -1.26. The van der Waals surface area contributed by atoms with Gasteiger partial charge >= 0.3 is 0 Å². The maximum atomic E-state index is 6.55. The van der Waals surface area contributed by atoms with Gasteiger partial charge in [0, 0.05) is 6.54 Å². The molecular formula is C16H26N2O2. The molecule has 1 unspecified atom stereocenters. The van der Waals surface area contributed by atoms with Gasteiger partial charge in [0.1, 0.15) is 0 Å². The van der Waals surface area contributed by atoms with Crippen molar-refractivity contribution in [3.63, 3.8) is 0 Å². The van der Waals surface area contributed by atoms with Crippen molar-refractivity contribution < 1.29 is 9.47 Å². The van der Waals surface area contributed by atoms with Crippen LogP contribution in [0.25, 0.3) is 0 Å². The van der Waals surface area contributed by atoms with Gasteiger partial charge in [-0.05, 0) is 50.6 Å². The van der Waals surface area contributed by atoms with E-state index in [9.17, 15) is 0 Å². The minimum Gasteiger partial charge on any atom is -0.493 e. The lowest BCUT2D eigenvalue weighted by Gasteiger charge is -2.35. The van der Waals surface area contributed by atoms with Crippen LogP contribution in [0, 0.1) is 0 Å². The largest absolute Gasteiger partial charge is 0.493 e. The van der Waals surface area contributed by atoms with E-state index < -0.39 is 0 Å². The Morgan fingerprint density at radius 1 is 1.10 bits per heavy atom. The van der Waals surface area contributed by atoms with Crippen molar-refractivity contribution in [2.24, 2.45) is 5.73 Å². The number of likely N-dealkylation sites (tertiary alicyclic amines) is 1. The van der Waals surface area contributed by atoms with E-state index in [2.05, 4.69) is 11.8 Å². The van der Waals surface area contributed by atoms with E-state index in [1.807, 2.05) is 18.2 Å². The SMILES string of the molecule is COc1ccc(C(C)(N)CN2CCCCC2)cc1OC. The van der Waals surface area contributed by atoms with Crippen LogP contribution in [0.15, 0.2) is 18.2 Å². The number of hydrogen-bond donors (Lipinski definition) is 1. The number of ether oxygens (including phenoxy) is 2. The number of rotatable bonds is 5. The first-order valence-electron chi connectivity index (χ1n) is 7.30. The van der Waals surface area contributed by atoms with Crippen LogP contribution >= 0.6 is 0 Å². The summed E-state index contributed by atoms with van der Waals surface area (Å²) in [5.41, 5.74) is 7.25. The first kappa shape index (κ1) is 15.1. The second kappa shape index (κ2) is 6.46. The predicted molar refractivity (Wildman–Crippen MR) is 81.4 cm³/mol. The monoisotopic (exact) mass is 278 g/mol. The molecule has 1 aliphatic heterocycles. The molecule has 0 bridgehead atoms. The lowest BCUT2D eigenvalue weighted by Crippen LogP contribution is -2.47. The van der Waals surface area contributed by atoms with E-state index in [1.165, 1.54) is 19.3 Å². The molecule has 2 rings (SSSR count). The van der Waals surface area contributed by atoms with E-state index in [-0.39, 0.29) is 5.54 Å². The number of methoxy groups -OCH3 is 2. The third kappa shape index (κ3) is 3.44. The highest BCUT2D eigenvalue weighted by Gasteiger charge is 2.26. The van der Waals surface area contributed by atoms with Gasteiger partial charge in [0.15, 0.2) is 11.5 Å². The van der Waals surface area contributed by atoms with Crippen LogP contribution in [0.1, 0.15) is 31.7 Å². The summed E-state index contributed by atoms with van der Waals surface area (Å²) >= 11 is 0. The van der Waals surface area contributed by atoms with Gasteiger partial charge in [-0.1, -0.05) is 12.5 Å². The van der Waals surface area contributed by atoms with Gasteiger partial charge in [0.05, 0.1) is 19.8 Å². The van der Waals surface area contributed by atoms with Crippen molar-refractivity contribution >= 4 is 0 Å². The molecule has 0 radical (unpaired) electrons. The average molecular weight is 278 g/mol. The summed E-state index contributed by atoms with van der Waals surface area (Å²) in [5.74, 6) is 1.48. The van der Waals surface area contributed by atoms with Gasteiger partial charge in [0.25, 0.3) is 0 Å². The summed E-state index contributed by atoms with van der Waals surface area (Å²) in [6.07, 6.45) is 3.90. The molecule has 0 spiro atoms. The summed E-state index contributed by atoms with van der Waals surface area (Å²) in [6.45, 7) is 5.27. The van der Waals surface area contributed by atoms with Crippen LogP contribution in [0.2, 0.25) is 0 Å². The molecule has 0 amide bonds. The Balaban J connectivity index is 2.15. The van der Waals surface area contributed by atoms with E-state index in [0.29, 0.717) is 0 Å². The molecule has 4 nitrogen and oxygen atoms in total. The highest BCUT2D eigenvalue weighted by molar-refractivity contribution is 5.44. The van der Waals surface area contributed by atoms with Crippen molar-refractivity contribution in [3.8, 4) is 11.5 Å². The third-order valence-electron chi connectivity index (χ3n) is 4.04. The lowest BCUT2D eigenvalue weighted by atomic mass is 9.91. The van der Waals surface area contributed by atoms with Gasteiger partial charge in [-0.3, -0.25) is 0 Å². The van der Waals surface area contributed by atoms with Gasteiger partial charge in [-0.25, -0.2) is 0 Å². The molecule has 2 N–H and O–H groups in total. The summed E-state index contributed by atoms with van der Waals surface area (Å²) in [4.78, 5) is 2.46. The third-order valence-corrected chi connectivity index (χ3v) is 4.04. The second-order valence-corrected chi connectivity index (χ2v) is 5.82. The first-order valence-corrected chi connectivity index (χ1v) is 7.30. The molecule has 1 atom stereocenters. The van der Waals surface area contributed by atoms with Gasteiger partial charge in [0.2, 0.25) is 0 Å². The van der Waals surface area contributed by atoms with E-state index in [4.69, 9.17) is 15.2 Å². The van der Waals surface area contributed by atoms with Crippen LogP contribution < -0.4 is 15.2 Å². The fourth-order valence-electron chi connectivity index (χ4n) is 2.86. The molecule has 1 aromatic carbocycles. The van der Waals surface area contributed by atoms with Crippen LogP contribution in [0.3, 0.4) is 0 Å². The molecule has 4 heteroatoms. The van der Waals surface area contributed by atoms with Crippen molar-refractivity contribution in [3.05, 3.63) is 23.8 Å². The lowest BCUT2D eigenvalue weighted by molar-refractivity contribution is 0.185. The Bertz CT molecular complexity index is 440. The molecule has 1 aliphatic rings. The van der Waals surface area contributed by atoms with Crippen LogP contribution in [0.5, 0.6) is 11.5 Å². The minimum atomic E-state index is -0.378. The van der Waals surface area contributed by atoms with Crippen LogP contribution in [0.4, 0.5) is 0 Å². The van der Waals surface area contributed by atoms with Gasteiger partial charge in [-0.2, -0.15) is 0 Å². The summed E-state index contributed by atoms with van der Waals surface area (Å²) in [7, 11) is 3.30.